The van der Waals surface area contributed by atoms with Crippen molar-refractivity contribution in [2.24, 2.45) is 0 Å². The first-order valence-corrected chi connectivity index (χ1v) is 21.7. The summed E-state index contributed by atoms with van der Waals surface area (Å²) in [5.41, 5.74) is 17.8. The molecule has 0 aliphatic heterocycles. The van der Waals surface area contributed by atoms with Crippen molar-refractivity contribution < 1.29 is 0 Å². The quantitative estimate of drug-likeness (QED) is 0.159. The minimum absolute atomic E-state index is 1.14. The van der Waals surface area contributed by atoms with Gasteiger partial charge in [-0.15, -0.1) is 0 Å². The zero-order chi connectivity index (χ0) is 41.4. The lowest BCUT2D eigenvalue weighted by Gasteiger charge is -2.15. The van der Waals surface area contributed by atoms with Crippen molar-refractivity contribution >= 4 is 65.4 Å². The number of benzene rings is 10. The van der Waals surface area contributed by atoms with Crippen LogP contribution < -0.4 is 0 Å². The predicted molar refractivity (Wildman–Crippen MR) is 266 cm³/mol. The van der Waals surface area contributed by atoms with Gasteiger partial charge in [0.15, 0.2) is 0 Å². The van der Waals surface area contributed by atoms with Gasteiger partial charge in [0.05, 0.1) is 33.1 Å². The lowest BCUT2D eigenvalue weighted by atomic mass is 9.95. The third-order valence-corrected chi connectivity index (χ3v) is 13.0. The predicted octanol–water partition coefficient (Wildman–Crippen LogP) is 16.0. The van der Waals surface area contributed by atoms with E-state index in [1.54, 1.807) is 0 Å². The second-order valence-electron chi connectivity index (χ2n) is 16.5. The van der Waals surface area contributed by atoms with Crippen molar-refractivity contribution in [3.8, 4) is 50.4 Å². The summed E-state index contributed by atoms with van der Waals surface area (Å²) in [6.45, 7) is 0. The number of aromatic nitrogens is 3. The van der Waals surface area contributed by atoms with Crippen LogP contribution in [0.5, 0.6) is 0 Å². The van der Waals surface area contributed by atoms with E-state index in [2.05, 4.69) is 250 Å². The number of hydrogen-bond acceptors (Lipinski definition) is 0. The van der Waals surface area contributed by atoms with Crippen LogP contribution in [0.1, 0.15) is 0 Å². The SMILES string of the molecule is c1ccc(-c2ccc(-n3c4ccccc4c4cc(-c5cccc(-c6cc7c8ccccc8n(-c8ccccc8)c7c7c8ccccc8n(-c8ccccc8)c67)c5)ccc43)cc2)cc1. The standard InChI is InChI=1S/C60H39N3/c1-4-17-40(18-5-1)41-31-34-47(35-32-41)61-54-28-13-10-25-48(54)52-38-43(33-36-57(52)61)42-19-16-20-44(37-42)51-39-53-49-26-11-14-29-55(49)62(45-21-6-2-7-22-45)60(53)58-50-27-12-15-30-56(50)63(59(51)58)46-23-8-3-9-24-46/h1-39H. The molecule has 0 fully saturated rings. The van der Waals surface area contributed by atoms with E-state index in [-0.39, 0.29) is 0 Å². The van der Waals surface area contributed by atoms with Gasteiger partial charge in [0.2, 0.25) is 0 Å². The highest BCUT2D eigenvalue weighted by molar-refractivity contribution is 6.29. The fourth-order valence-corrected chi connectivity index (χ4v) is 10.2. The van der Waals surface area contributed by atoms with E-state index in [1.165, 1.54) is 98.8 Å². The van der Waals surface area contributed by atoms with E-state index >= 15 is 0 Å². The van der Waals surface area contributed by atoms with E-state index < -0.39 is 0 Å². The molecule has 0 radical (unpaired) electrons. The van der Waals surface area contributed by atoms with E-state index in [0.29, 0.717) is 0 Å². The molecule has 0 atom stereocenters. The van der Waals surface area contributed by atoms with Crippen molar-refractivity contribution in [1.29, 1.82) is 0 Å². The fourth-order valence-electron chi connectivity index (χ4n) is 10.2. The zero-order valence-electron chi connectivity index (χ0n) is 34.4. The van der Waals surface area contributed by atoms with E-state index in [9.17, 15) is 0 Å². The molecule has 294 valence electrons. The maximum Gasteiger partial charge on any atom is 0.0641 e. The van der Waals surface area contributed by atoms with Gasteiger partial charge in [-0.2, -0.15) is 0 Å². The third kappa shape index (κ3) is 5.46. The van der Waals surface area contributed by atoms with Crippen LogP contribution in [0.15, 0.2) is 237 Å². The summed E-state index contributed by atoms with van der Waals surface area (Å²) in [6.07, 6.45) is 0. The Balaban J connectivity index is 1.04. The Morgan fingerprint density at radius 3 is 1.35 bits per heavy atom. The van der Waals surface area contributed by atoms with Gasteiger partial charge in [-0.05, 0) is 107 Å². The van der Waals surface area contributed by atoms with Crippen LogP contribution in [-0.4, -0.2) is 13.7 Å². The second kappa shape index (κ2) is 14.1. The first kappa shape index (κ1) is 35.4. The molecule has 10 aromatic carbocycles. The van der Waals surface area contributed by atoms with Gasteiger partial charge in [-0.1, -0.05) is 158 Å². The van der Waals surface area contributed by atoms with Crippen LogP contribution in [-0.2, 0) is 0 Å². The summed E-state index contributed by atoms with van der Waals surface area (Å²) >= 11 is 0. The van der Waals surface area contributed by atoms with Gasteiger partial charge in [-0.25, -0.2) is 0 Å². The molecule has 0 saturated heterocycles. The van der Waals surface area contributed by atoms with Crippen molar-refractivity contribution in [2.45, 2.75) is 0 Å². The summed E-state index contributed by atoms with van der Waals surface area (Å²) in [5.74, 6) is 0. The average Bonchev–Trinajstić information content (AvgIpc) is 4.00. The molecule has 0 bridgehead atoms. The normalized spacial score (nSPS) is 11.8. The number of rotatable bonds is 6. The molecule has 13 aromatic rings. The minimum atomic E-state index is 1.14. The second-order valence-corrected chi connectivity index (χ2v) is 16.5. The summed E-state index contributed by atoms with van der Waals surface area (Å²) < 4.78 is 7.35. The van der Waals surface area contributed by atoms with Crippen LogP contribution in [0.2, 0.25) is 0 Å². The summed E-state index contributed by atoms with van der Waals surface area (Å²) in [6, 6.07) is 86.4. The van der Waals surface area contributed by atoms with E-state index in [4.69, 9.17) is 0 Å². The van der Waals surface area contributed by atoms with E-state index in [0.717, 1.165) is 17.1 Å². The minimum Gasteiger partial charge on any atom is -0.309 e. The Bertz CT molecular complexity index is 3870. The Morgan fingerprint density at radius 1 is 0.222 bits per heavy atom. The van der Waals surface area contributed by atoms with Crippen molar-refractivity contribution in [1.82, 2.24) is 13.7 Å². The number of fused-ring (bicyclic) bond motifs is 10. The van der Waals surface area contributed by atoms with Crippen LogP contribution in [0.25, 0.3) is 116 Å². The Kier molecular flexibility index (Phi) is 7.91. The van der Waals surface area contributed by atoms with Gasteiger partial charge in [0, 0.05) is 54.9 Å². The number of nitrogens with zero attached hydrogens (tertiary/aromatic N) is 3. The average molecular weight is 802 g/mol. The molecule has 0 aliphatic rings. The van der Waals surface area contributed by atoms with Crippen molar-refractivity contribution in [2.75, 3.05) is 0 Å². The Hall–Kier alpha value is -8.40. The van der Waals surface area contributed by atoms with Gasteiger partial charge in [0.1, 0.15) is 0 Å². The van der Waals surface area contributed by atoms with Crippen LogP contribution in [0.3, 0.4) is 0 Å². The largest absolute Gasteiger partial charge is 0.309 e. The van der Waals surface area contributed by atoms with Crippen molar-refractivity contribution in [3.05, 3.63) is 237 Å². The Labute approximate surface area is 364 Å². The lowest BCUT2D eigenvalue weighted by Crippen LogP contribution is -1.97. The van der Waals surface area contributed by atoms with Gasteiger partial charge < -0.3 is 13.7 Å². The topological polar surface area (TPSA) is 14.8 Å². The molecule has 3 aromatic heterocycles. The molecule has 3 heteroatoms. The molecule has 0 N–H and O–H groups in total. The molecule has 3 heterocycles. The molecule has 63 heavy (non-hydrogen) atoms. The zero-order valence-corrected chi connectivity index (χ0v) is 34.4. The molecule has 0 amide bonds. The van der Waals surface area contributed by atoms with Crippen LogP contribution >= 0.6 is 0 Å². The molecular weight excluding hydrogens is 763 g/mol. The van der Waals surface area contributed by atoms with Gasteiger partial charge in [0.25, 0.3) is 0 Å². The third-order valence-electron chi connectivity index (χ3n) is 13.0. The first-order chi connectivity index (χ1) is 31.3. The summed E-state index contributed by atoms with van der Waals surface area (Å²) in [5, 5.41) is 7.44. The van der Waals surface area contributed by atoms with Crippen LogP contribution in [0.4, 0.5) is 0 Å². The highest BCUT2D eigenvalue weighted by Crippen LogP contribution is 2.47. The first-order valence-electron chi connectivity index (χ1n) is 21.7. The molecular formula is C60H39N3. The summed E-state index contributed by atoms with van der Waals surface area (Å²) in [7, 11) is 0. The molecule has 0 spiro atoms. The Morgan fingerprint density at radius 2 is 0.667 bits per heavy atom. The lowest BCUT2D eigenvalue weighted by molar-refractivity contribution is 1.17. The van der Waals surface area contributed by atoms with Crippen LogP contribution in [0, 0.1) is 0 Å². The maximum atomic E-state index is 2.48. The molecule has 0 aliphatic carbocycles. The van der Waals surface area contributed by atoms with Gasteiger partial charge >= 0.3 is 0 Å². The molecule has 3 nitrogen and oxygen atoms in total. The summed E-state index contributed by atoms with van der Waals surface area (Å²) in [4.78, 5) is 0. The molecule has 13 rings (SSSR count). The molecule has 0 unspecified atom stereocenters. The highest BCUT2D eigenvalue weighted by atomic mass is 15.0. The molecule has 0 saturated carbocycles. The van der Waals surface area contributed by atoms with Gasteiger partial charge in [-0.3, -0.25) is 0 Å². The highest BCUT2D eigenvalue weighted by Gasteiger charge is 2.24. The number of hydrogen-bond donors (Lipinski definition) is 0. The fraction of sp³-hybridized carbons (Fsp3) is 0. The van der Waals surface area contributed by atoms with E-state index in [1.807, 2.05) is 0 Å². The number of para-hydroxylation sites is 5. The monoisotopic (exact) mass is 801 g/mol. The maximum absolute atomic E-state index is 2.48. The smallest absolute Gasteiger partial charge is 0.0641 e. The van der Waals surface area contributed by atoms with Crippen molar-refractivity contribution in [3.63, 3.8) is 0 Å².